The summed E-state index contributed by atoms with van der Waals surface area (Å²) in [5, 5.41) is 3.98. The van der Waals surface area contributed by atoms with E-state index in [2.05, 4.69) is 5.32 Å². The van der Waals surface area contributed by atoms with Gasteiger partial charge in [-0.3, -0.25) is 4.79 Å². The van der Waals surface area contributed by atoms with Crippen molar-refractivity contribution in [2.24, 2.45) is 11.8 Å². The molecule has 1 N–H and O–H groups in total. The summed E-state index contributed by atoms with van der Waals surface area (Å²) >= 11 is 0. The number of sulfone groups is 1. The molecule has 1 amide bonds. The van der Waals surface area contributed by atoms with E-state index < -0.39 is 9.84 Å². The van der Waals surface area contributed by atoms with Gasteiger partial charge in [0.15, 0.2) is 9.84 Å². The summed E-state index contributed by atoms with van der Waals surface area (Å²) in [6.07, 6.45) is 4.40. The zero-order valence-corrected chi connectivity index (χ0v) is 9.88. The lowest BCUT2D eigenvalue weighted by Crippen LogP contribution is -2.20. The van der Waals surface area contributed by atoms with Gasteiger partial charge in [0, 0.05) is 24.1 Å². The molecule has 2 atom stereocenters. The van der Waals surface area contributed by atoms with E-state index in [-0.39, 0.29) is 17.7 Å². The van der Waals surface area contributed by atoms with Crippen LogP contribution in [0.5, 0.6) is 0 Å². The van der Waals surface area contributed by atoms with Gasteiger partial charge < -0.3 is 5.32 Å². The Balaban J connectivity index is 2.45. The summed E-state index contributed by atoms with van der Waals surface area (Å²) in [5.41, 5.74) is 0. The molecule has 15 heavy (non-hydrogen) atoms. The number of carbonyl (C=O) groups excluding carboxylic acids is 1. The Morgan fingerprint density at radius 3 is 2.73 bits per heavy atom. The van der Waals surface area contributed by atoms with Crippen molar-refractivity contribution >= 4 is 15.7 Å². The largest absolute Gasteiger partial charge is 0.356 e. The molecule has 86 valence electrons. The van der Waals surface area contributed by atoms with Crippen LogP contribution in [-0.4, -0.2) is 27.1 Å². The lowest BCUT2D eigenvalue weighted by atomic mass is 9.95. The molecule has 0 aromatic carbocycles. The Labute approximate surface area is 90.7 Å². The molecule has 1 rings (SSSR count). The smallest absolute Gasteiger partial charge is 0.223 e. The van der Waals surface area contributed by atoms with Crippen LogP contribution in [0, 0.1) is 11.8 Å². The number of nitrogens with one attached hydrogen (secondary N) is 1. The van der Waals surface area contributed by atoms with Crippen molar-refractivity contribution in [1.82, 2.24) is 5.32 Å². The fourth-order valence-electron chi connectivity index (χ4n) is 1.67. The third-order valence-corrected chi connectivity index (χ3v) is 3.12. The number of hydrogen-bond acceptors (Lipinski definition) is 3. The van der Waals surface area contributed by atoms with Crippen molar-refractivity contribution in [2.75, 3.05) is 12.8 Å². The van der Waals surface area contributed by atoms with Crippen molar-refractivity contribution in [3.63, 3.8) is 0 Å². The fraction of sp³-hybridized carbons (Fsp3) is 0.700. The van der Waals surface area contributed by atoms with E-state index in [1.54, 1.807) is 6.08 Å². The molecule has 0 spiro atoms. The topological polar surface area (TPSA) is 63.2 Å². The molecule has 0 bridgehead atoms. The van der Waals surface area contributed by atoms with Crippen LogP contribution in [0.3, 0.4) is 0 Å². The molecule has 1 heterocycles. The Morgan fingerprint density at radius 1 is 1.60 bits per heavy atom. The molecule has 0 saturated carbocycles. The van der Waals surface area contributed by atoms with Crippen molar-refractivity contribution in [2.45, 2.75) is 19.8 Å². The highest BCUT2D eigenvalue weighted by atomic mass is 32.2. The van der Waals surface area contributed by atoms with E-state index in [4.69, 9.17) is 0 Å². The molecule has 1 aliphatic rings. The Kier molecular flexibility index (Phi) is 3.90. The van der Waals surface area contributed by atoms with Crippen molar-refractivity contribution in [3.05, 3.63) is 11.5 Å². The van der Waals surface area contributed by atoms with Crippen molar-refractivity contribution in [1.29, 1.82) is 0 Å². The van der Waals surface area contributed by atoms with E-state index in [0.717, 1.165) is 19.4 Å². The average molecular weight is 231 g/mol. The van der Waals surface area contributed by atoms with Gasteiger partial charge in [0.05, 0.1) is 0 Å². The van der Waals surface area contributed by atoms with Crippen LogP contribution >= 0.6 is 0 Å². The first-order valence-corrected chi connectivity index (χ1v) is 7.00. The highest BCUT2D eigenvalue weighted by Gasteiger charge is 2.24. The van der Waals surface area contributed by atoms with Gasteiger partial charge in [-0.2, -0.15) is 0 Å². The molecule has 1 aliphatic heterocycles. The molecule has 0 aromatic rings. The summed E-state index contributed by atoms with van der Waals surface area (Å²) in [5.74, 6) is 0.257. The van der Waals surface area contributed by atoms with Crippen LogP contribution in [0.1, 0.15) is 19.8 Å². The third-order valence-electron chi connectivity index (χ3n) is 2.47. The second-order valence-corrected chi connectivity index (χ2v) is 6.08. The second kappa shape index (κ2) is 4.79. The SMILES string of the molecule is C[C@H](/C=C/S(C)(=O)=O)C[C@@H]1CCNC1=O. The lowest BCUT2D eigenvalue weighted by molar-refractivity contribution is -0.122. The van der Waals surface area contributed by atoms with Crippen LogP contribution in [0.15, 0.2) is 11.5 Å². The normalized spacial score (nSPS) is 24.4. The Bertz CT molecular complexity index is 359. The van der Waals surface area contributed by atoms with E-state index in [1.165, 1.54) is 11.7 Å². The first-order valence-electron chi connectivity index (χ1n) is 5.04. The predicted molar refractivity (Wildman–Crippen MR) is 58.9 cm³/mol. The minimum absolute atomic E-state index is 0.0456. The van der Waals surface area contributed by atoms with Gasteiger partial charge in [-0.15, -0.1) is 0 Å². The maximum absolute atomic E-state index is 11.3. The highest BCUT2D eigenvalue weighted by Crippen LogP contribution is 2.20. The van der Waals surface area contributed by atoms with Crippen LogP contribution < -0.4 is 5.32 Å². The van der Waals surface area contributed by atoms with E-state index in [9.17, 15) is 13.2 Å². The minimum atomic E-state index is -3.05. The zero-order chi connectivity index (χ0) is 11.5. The van der Waals surface area contributed by atoms with Crippen LogP contribution in [0.4, 0.5) is 0 Å². The monoisotopic (exact) mass is 231 g/mol. The lowest BCUT2D eigenvalue weighted by Gasteiger charge is -2.10. The molecule has 0 radical (unpaired) electrons. The maximum atomic E-state index is 11.3. The second-order valence-electron chi connectivity index (χ2n) is 4.15. The maximum Gasteiger partial charge on any atom is 0.223 e. The van der Waals surface area contributed by atoms with Crippen LogP contribution in [-0.2, 0) is 14.6 Å². The van der Waals surface area contributed by atoms with E-state index in [1.807, 2.05) is 6.92 Å². The third kappa shape index (κ3) is 4.46. The summed E-state index contributed by atoms with van der Waals surface area (Å²) in [6.45, 7) is 2.67. The minimum Gasteiger partial charge on any atom is -0.356 e. The van der Waals surface area contributed by atoms with Crippen molar-refractivity contribution in [3.8, 4) is 0 Å². The molecule has 4 nitrogen and oxygen atoms in total. The van der Waals surface area contributed by atoms with Gasteiger partial charge in [-0.05, 0) is 18.8 Å². The van der Waals surface area contributed by atoms with Gasteiger partial charge in [0.1, 0.15) is 0 Å². The first-order chi connectivity index (χ1) is 6.88. The number of amides is 1. The molecular weight excluding hydrogens is 214 g/mol. The fourth-order valence-corrected chi connectivity index (χ4v) is 2.23. The quantitative estimate of drug-likeness (QED) is 0.775. The van der Waals surface area contributed by atoms with Crippen molar-refractivity contribution < 1.29 is 13.2 Å². The molecule has 0 aromatic heterocycles. The number of allylic oxidation sites excluding steroid dienone is 1. The van der Waals surface area contributed by atoms with Gasteiger partial charge >= 0.3 is 0 Å². The molecule has 0 unspecified atom stereocenters. The predicted octanol–water partition coefficient (Wildman–Crippen LogP) is 0.707. The molecule has 0 aliphatic carbocycles. The zero-order valence-electron chi connectivity index (χ0n) is 9.06. The summed E-state index contributed by atoms with van der Waals surface area (Å²) < 4.78 is 21.7. The number of hydrogen-bond donors (Lipinski definition) is 1. The molecular formula is C10H17NO3S. The van der Waals surface area contributed by atoms with Gasteiger partial charge in [0.25, 0.3) is 0 Å². The summed E-state index contributed by atoms with van der Waals surface area (Å²) in [4.78, 5) is 11.3. The number of carbonyl (C=O) groups is 1. The first kappa shape index (κ1) is 12.2. The molecule has 5 heteroatoms. The molecule has 1 fully saturated rings. The standard InChI is InChI=1S/C10H17NO3S/c1-8(4-6-15(2,13)14)7-9-3-5-11-10(9)12/h4,6,8-9H,3,5,7H2,1-2H3,(H,11,12)/b6-4+/t8-,9+/m1/s1. The summed E-state index contributed by atoms with van der Waals surface area (Å²) in [6, 6.07) is 0. The van der Waals surface area contributed by atoms with Gasteiger partial charge in [0.2, 0.25) is 5.91 Å². The highest BCUT2D eigenvalue weighted by molar-refractivity contribution is 7.93. The summed E-state index contributed by atoms with van der Waals surface area (Å²) in [7, 11) is -3.05. The van der Waals surface area contributed by atoms with E-state index >= 15 is 0 Å². The van der Waals surface area contributed by atoms with Crippen LogP contribution in [0.25, 0.3) is 0 Å². The Morgan fingerprint density at radius 2 is 2.27 bits per heavy atom. The average Bonchev–Trinajstić information content (AvgIpc) is 2.47. The van der Waals surface area contributed by atoms with Crippen LogP contribution in [0.2, 0.25) is 0 Å². The Hall–Kier alpha value is -0.840. The molecule has 1 saturated heterocycles. The van der Waals surface area contributed by atoms with Gasteiger partial charge in [-0.25, -0.2) is 8.42 Å². The van der Waals surface area contributed by atoms with Gasteiger partial charge in [-0.1, -0.05) is 13.0 Å². The van der Waals surface area contributed by atoms with E-state index in [0.29, 0.717) is 0 Å². The number of rotatable bonds is 4.